The number of hydrogen-bond acceptors (Lipinski definition) is 9. The van der Waals surface area contributed by atoms with Crippen LogP contribution in [0, 0.1) is 0 Å². The van der Waals surface area contributed by atoms with Crippen LogP contribution in [0.15, 0.2) is 36.4 Å². The van der Waals surface area contributed by atoms with E-state index in [2.05, 4.69) is 43.8 Å². The van der Waals surface area contributed by atoms with Gasteiger partial charge < -0.3 is 28.4 Å². The van der Waals surface area contributed by atoms with Crippen molar-refractivity contribution >= 4 is 36.2 Å². The molecule has 0 radical (unpaired) electrons. The van der Waals surface area contributed by atoms with Crippen LogP contribution in [0.5, 0.6) is 34.5 Å². The molecule has 6 nitrogen and oxygen atoms in total. The number of benzene rings is 3. The van der Waals surface area contributed by atoms with Crippen molar-refractivity contribution in [2.24, 2.45) is 0 Å². The molecule has 0 aliphatic heterocycles. The van der Waals surface area contributed by atoms with E-state index in [1.807, 2.05) is 12.1 Å². The quantitative estimate of drug-likeness (QED) is 0.168. The fourth-order valence-corrected chi connectivity index (χ4v) is 6.70. The van der Waals surface area contributed by atoms with Crippen molar-refractivity contribution in [3.8, 4) is 34.5 Å². The Labute approximate surface area is 252 Å². The van der Waals surface area contributed by atoms with Crippen molar-refractivity contribution in [2.45, 2.75) is 42.1 Å². The van der Waals surface area contributed by atoms with Gasteiger partial charge in [0.15, 0.2) is 0 Å². The average molecular weight is 605 g/mol. The number of thioether (sulfide) groups is 2. The Morgan fingerprint density at radius 3 is 0.975 bits per heavy atom. The number of rotatable bonds is 16. The molecule has 218 valence electrons. The van der Waals surface area contributed by atoms with Gasteiger partial charge in [0.1, 0.15) is 34.5 Å². The summed E-state index contributed by atoms with van der Waals surface area (Å²) in [6.07, 6.45) is 0.888. The van der Waals surface area contributed by atoms with Crippen LogP contribution in [0.2, 0.25) is 0 Å². The maximum Gasteiger partial charge on any atom is 0.123 e. The molecule has 0 N–H and O–H groups in total. The van der Waals surface area contributed by atoms with E-state index in [0.29, 0.717) is 5.75 Å². The summed E-state index contributed by atoms with van der Waals surface area (Å²) in [4.78, 5) is 0. The minimum Gasteiger partial charge on any atom is -0.496 e. The monoisotopic (exact) mass is 604 g/mol. The molecule has 40 heavy (non-hydrogen) atoms. The maximum absolute atomic E-state index is 5.79. The van der Waals surface area contributed by atoms with Crippen molar-refractivity contribution in [1.82, 2.24) is 0 Å². The summed E-state index contributed by atoms with van der Waals surface area (Å²) in [6.45, 7) is 2.11. The molecule has 3 aromatic carbocycles. The van der Waals surface area contributed by atoms with Gasteiger partial charge >= 0.3 is 0 Å². The number of aryl methyl sites for hydroxylation is 1. The van der Waals surface area contributed by atoms with E-state index in [0.717, 1.165) is 97.3 Å². The first kappa shape index (κ1) is 32.0. The molecular formula is C31H40O6S3. The van der Waals surface area contributed by atoms with Gasteiger partial charge in [0.25, 0.3) is 0 Å². The Morgan fingerprint density at radius 1 is 0.450 bits per heavy atom. The lowest BCUT2D eigenvalue weighted by Gasteiger charge is -2.17. The molecule has 0 amide bonds. The third-order valence-electron chi connectivity index (χ3n) is 6.63. The highest BCUT2D eigenvalue weighted by Gasteiger charge is 2.15. The van der Waals surface area contributed by atoms with Crippen molar-refractivity contribution in [1.29, 1.82) is 0 Å². The SMILES string of the molecule is CCc1cc(OC)c(CSCc2cc(OC)c(CSCc3cc(OC)c(CS)cc3OC)cc2OC)cc1OC. The first-order chi connectivity index (χ1) is 19.5. The largest absolute Gasteiger partial charge is 0.496 e. The Bertz CT molecular complexity index is 1170. The molecule has 9 heteroatoms. The van der Waals surface area contributed by atoms with Crippen LogP contribution < -0.4 is 28.4 Å². The molecule has 0 aliphatic carbocycles. The van der Waals surface area contributed by atoms with E-state index in [1.54, 1.807) is 66.2 Å². The molecule has 3 aromatic rings. The van der Waals surface area contributed by atoms with E-state index in [9.17, 15) is 0 Å². The summed E-state index contributed by atoms with van der Waals surface area (Å²) < 4.78 is 34.0. The van der Waals surface area contributed by atoms with Crippen molar-refractivity contribution in [3.05, 3.63) is 69.8 Å². The van der Waals surface area contributed by atoms with Gasteiger partial charge in [-0.25, -0.2) is 0 Å². The summed E-state index contributed by atoms with van der Waals surface area (Å²) in [5, 5.41) is 0. The Morgan fingerprint density at radius 2 is 0.700 bits per heavy atom. The number of methoxy groups -OCH3 is 6. The molecule has 0 saturated heterocycles. The second-order valence-corrected chi connectivity index (χ2v) is 11.2. The standard InChI is InChI=1S/C31H40O6S3/c1-8-20-9-28(34-4)22(11-26(20)32-2)16-39-18-24-13-31(37-7)25(14-30(24)36-6)19-40-17-23-12-27(33-3)21(15-38)10-29(23)35-5/h9-14,38H,8,15-19H2,1-7H3. The van der Waals surface area contributed by atoms with E-state index in [1.165, 1.54) is 0 Å². The van der Waals surface area contributed by atoms with Gasteiger partial charge in [-0.05, 0) is 48.4 Å². The minimum atomic E-state index is 0.585. The van der Waals surface area contributed by atoms with Crippen LogP contribution in [0.3, 0.4) is 0 Å². The van der Waals surface area contributed by atoms with Crippen LogP contribution in [0.4, 0.5) is 0 Å². The molecule has 3 rings (SSSR count). The summed E-state index contributed by atoms with van der Waals surface area (Å²) in [5.41, 5.74) is 6.50. The lowest BCUT2D eigenvalue weighted by Crippen LogP contribution is -1.99. The average Bonchev–Trinajstić information content (AvgIpc) is 3.00. The predicted octanol–water partition coefficient (Wildman–Crippen LogP) is 7.60. The highest BCUT2D eigenvalue weighted by atomic mass is 32.2. The fourth-order valence-electron chi connectivity index (χ4n) is 4.47. The molecule has 0 unspecified atom stereocenters. The lowest BCUT2D eigenvalue weighted by atomic mass is 10.1. The highest BCUT2D eigenvalue weighted by Crippen LogP contribution is 2.38. The van der Waals surface area contributed by atoms with Crippen LogP contribution in [-0.2, 0) is 35.2 Å². The van der Waals surface area contributed by atoms with Gasteiger partial charge in [0.2, 0.25) is 0 Å². The van der Waals surface area contributed by atoms with E-state index in [-0.39, 0.29) is 0 Å². The molecule has 0 bridgehead atoms. The normalized spacial score (nSPS) is 10.8. The summed E-state index contributed by atoms with van der Waals surface area (Å²) >= 11 is 7.98. The van der Waals surface area contributed by atoms with Gasteiger partial charge in [-0.1, -0.05) is 6.92 Å². The third kappa shape index (κ3) is 7.83. The first-order valence-electron chi connectivity index (χ1n) is 12.9. The molecule has 0 heterocycles. The minimum absolute atomic E-state index is 0.585. The zero-order valence-electron chi connectivity index (χ0n) is 24.4. The van der Waals surface area contributed by atoms with Crippen LogP contribution in [0.25, 0.3) is 0 Å². The number of ether oxygens (including phenoxy) is 6. The van der Waals surface area contributed by atoms with Gasteiger partial charge in [-0.3, -0.25) is 0 Å². The van der Waals surface area contributed by atoms with Gasteiger partial charge in [-0.2, -0.15) is 36.2 Å². The smallest absolute Gasteiger partial charge is 0.123 e. The number of thiol groups is 1. The molecule has 0 atom stereocenters. The van der Waals surface area contributed by atoms with Crippen molar-refractivity contribution < 1.29 is 28.4 Å². The van der Waals surface area contributed by atoms with Gasteiger partial charge in [0.05, 0.1) is 42.7 Å². The maximum atomic E-state index is 5.79. The summed E-state index contributed by atoms with van der Waals surface area (Å²) in [6, 6.07) is 12.4. The molecule has 0 saturated carbocycles. The fraction of sp³-hybridized carbons (Fsp3) is 0.419. The van der Waals surface area contributed by atoms with E-state index < -0.39 is 0 Å². The zero-order chi connectivity index (χ0) is 29.1. The molecule has 0 aromatic heterocycles. The topological polar surface area (TPSA) is 55.4 Å². The highest BCUT2D eigenvalue weighted by molar-refractivity contribution is 7.98. The molecule has 0 spiro atoms. The Hall–Kier alpha value is -2.49. The van der Waals surface area contributed by atoms with E-state index >= 15 is 0 Å². The second kappa shape index (κ2) is 16.1. The van der Waals surface area contributed by atoms with Crippen molar-refractivity contribution in [2.75, 3.05) is 42.7 Å². The second-order valence-electron chi connectivity index (χ2n) is 8.92. The number of hydrogen-bond donors (Lipinski definition) is 1. The Kier molecular flexibility index (Phi) is 12.9. The first-order valence-corrected chi connectivity index (χ1v) is 15.9. The molecule has 0 aliphatic rings. The summed E-state index contributed by atoms with van der Waals surface area (Å²) in [7, 11) is 10.2. The summed E-state index contributed by atoms with van der Waals surface area (Å²) in [5.74, 6) is 8.81. The van der Waals surface area contributed by atoms with Crippen molar-refractivity contribution in [3.63, 3.8) is 0 Å². The van der Waals surface area contributed by atoms with Gasteiger partial charge in [-0.15, -0.1) is 0 Å². The lowest BCUT2D eigenvalue weighted by molar-refractivity contribution is 0.396. The molecule has 0 fully saturated rings. The third-order valence-corrected chi connectivity index (χ3v) is 9.03. The van der Waals surface area contributed by atoms with Crippen LogP contribution in [0.1, 0.15) is 40.3 Å². The zero-order valence-corrected chi connectivity index (χ0v) is 26.9. The Balaban J connectivity index is 1.72. The predicted molar refractivity (Wildman–Crippen MR) is 171 cm³/mol. The van der Waals surface area contributed by atoms with Crippen LogP contribution in [-0.4, -0.2) is 42.7 Å². The molecular weight excluding hydrogens is 565 g/mol. The van der Waals surface area contributed by atoms with Gasteiger partial charge in [0, 0.05) is 56.6 Å². The van der Waals surface area contributed by atoms with Crippen LogP contribution >= 0.6 is 36.2 Å². The van der Waals surface area contributed by atoms with E-state index in [4.69, 9.17) is 28.4 Å².